The third-order valence-corrected chi connectivity index (χ3v) is 2.81. The molecule has 0 atom stereocenters. The smallest absolute Gasteiger partial charge is 0.191 e. The van der Waals surface area contributed by atoms with Crippen LogP contribution in [0.25, 0.3) is 11.0 Å². The van der Waals surface area contributed by atoms with Crippen molar-refractivity contribution in [1.82, 2.24) is 0 Å². The average molecular weight is 208 g/mol. The van der Waals surface area contributed by atoms with E-state index in [2.05, 4.69) is 0 Å². The van der Waals surface area contributed by atoms with Crippen LogP contribution in [0.4, 0.5) is 0 Å². The predicted octanol–water partition coefficient (Wildman–Crippen LogP) is 3.88. The van der Waals surface area contributed by atoms with Crippen molar-refractivity contribution in [2.24, 2.45) is 0 Å². The van der Waals surface area contributed by atoms with Crippen LogP contribution in [0, 0.1) is 4.71 Å². The molecular formula is C10H8OS2. The van der Waals surface area contributed by atoms with Gasteiger partial charge in [-0.15, -0.1) is 11.8 Å². The summed E-state index contributed by atoms with van der Waals surface area (Å²) < 4.78 is 5.95. The molecule has 2 aromatic rings. The van der Waals surface area contributed by atoms with E-state index in [4.69, 9.17) is 16.6 Å². The van der Waals surface area contributed by atoms with Crippen LogP contribution in [0.3, 0.4) is 0 Å². The molecular weight excluding hydrogens is 200 g/mol. The van der Waals surface area contributed by atoms with Gasteiger partial charge in [-0.05, 0) is 24.5 Å². The number of hydrogen-bond donors (Lipinski definition) is 0. The molecule has 0 bridgehead atoms. The maximum atomic E-state index is 5.41. The van der Waals surface area contributed by atoms with Gasteiger partial charge in [0.05, 0.1) is 0 Å². The first-order chi connectivity index (χ1) is 6.31. The van der Waals surface area contributed by atoms with Crippen LogP contribution < -0.4 is 0 Å². The number of hydrogen-bond acceptors (Lipinski definition) is 3. The lowest BCUT2D eigenvalue weighted by Crippen LogP contribution is -1.76. The maximum absolute atomic E-state index is 5.41. The molecule has 3 heteroatoms. The zero-order valence-corrected chi connectivity index (χ0v) is 8.74. The lowest BCUT2D eigenvalue weighted by atomic mass is 10.2. The number of rotatable bonds is 1. The van der Waals surface area contributed by atoms with Crippen LogP contribution >= 0.6 is 24.0 Å². The van der Waals surface area contributed by atoms with Gasteiger partial charge in [-0.2, -0.15) is 0 Å². The summed E-state index contributed by atoms with van der Waals surface area (Å²) in [4.78, 5) is 1.17. The summed E-state index contributed by atoms with van der Waals surface area (Å²) in [6.45, 7) is 0. The normalized spacial score (nSPS) is 10.5. The highest BCUT2D eigenvalue weighted by molar-refractivity contribution is 7.98. The van der Waals surface area contributed by atoms with Gasteiger partial charge in [-0.25, -0.2) is 0 Å². The Balaban J connectivity index is 2.89. The monoisotopic (exact) mass is 208 g/mol. The molecule has 0 aliphatic carbocycles. The highest BCUT2D eigenvalue weighted by Gasteiger charge is 2.00. The second-order valence-corrected chi connectivity index (χ2v) is 3.88. The molecule has 0 amide bonds. The molecule has 1 aromatic carbocycles. The Hall–Kier alpha value is -0.800. The van der Waals surface area contributed by atoms with E-state index in [0.29, 0.717) is 4.71 Å². The van der Waals surface area contributed by atoms with Gasteiger partial charge in [-0.3, -0.25) is 0 Å². The van der Waals surface area contributed by atoms with Crippen molar-refractivity contribution >= 4 is 34.9 Å². The first-order valence-electron chi connectivity index (χ1n) is 3.88. The molecule has 0 N–H and O–H groups in total. The standard InChI is InChI=1S/C10H8OS2/c1-13-9-6-10(12)11-8-5-3-2-4-7(8)9/h2-6H,1H3. The van der Waals surface area contributed by atoms with Crippen molar-refractivity contribution in [3.05, 3.63) is 35.0 Å². The van der Waals surface area contributed by atoms with Gasteiger partial charge in [-0.1, -0.05) is 18.2 Å². The fourth-order valence-corrected chi connectivity index (χ4v) is 2.15. The van der Waals surface area contributed by atoms with Crippen molar-refractivity contribution in [2.45, 2.75) is 4.90 Å². The molecule has 13 heavy (non-hydrogen) atoms. The van der Waals surface area contributed by atoms with Crippen molar-refractivity contribution in [2.75, 3.05) is 6.26 Å². The molecule has 66 valence electrons. The van der Waals surface area contributed by atoms with Gasteiger partial charge in [0.25, 0.3) is 0 Å². The maximum Gasteiger partial charge on any atom is 0.191 e. The Labute approximate surface area is 85.8 Å². The molecule has 0 radical (unpaired) electrons. The minimum Gasteiger partial charge on any atom is -0.445 e. The van der Waals surface area contributed by atoms with E-state index in [1.54, 1.807) is 11.8 Å². The SMILES string of the molecule is CSc1cc(=S)oc2ccccc12. The van der Waals surface area contributed by atoms with Gasteiger partial charge in [0.15, 0.2) is 4.71 Å². The molecule has 0 aliphatic rings. The van der Waals surface area contributed by atoms with Crippen LogP contribution in [-0.4, -0.2) is 6.26 Å². The number of benzene rings is 1. The van der Waals surface area contributed by atoms with E-state index in [1.807, 2.05) is 36.6 Å². The molecule has 0 spiro atoms. The Morgan fingerprint density at radius 2 is 2.08 bits per heavy atom. The second-order valence-electron chi connectivity index (χ2n) is 2.63. The van der Waals surface area contributed by atoms with Gasteiger partial charge >= 0.3 is 0 Å². The summed E-state index contributed by atoms with van der Waals surface area (Å²) >= 11 is 6.70. The Morgan fingerprint density at radius 1 is 1.31 bits per heavy atom. The Kier molecular flexibility index (Phi) is 2.38. The lowest BCUT2D eigenvalue weighted by Gasteiger charge is -2.01. The van der Waals surface area contributed by atoms with Gasteiger partial charge in [0, 0.05) is 16.3 Å². The zero-order chi connectivity index (χ0) is 9.26. The van der Waals surface area contributed by atoms with Crippen molar-refractivity contribution in [3.8, 4) is 0 Å². The van der Waals surface area contributed by atoms with E-state index >= 15 is 0 Å². The second kappa shape index (κ2) is 3.52. The number of fused-ring (bicyclic) bond motifs is 1. The summed E-state index contributed by atoms with van der Waals surface area (Å²) in [5.74, 6) is 0. The minimum atomic E-state index is 0.544. The average Bonchev–Trinajstić information content (AvgIpc) is 2.16. The summed E-state index contributed by atoms with van der Waals surface area (Å²) in [7, 11) is 0. The van der Waals surface area contributed by atoms with Crippen LogP contribution in [-0.2, 0) is 0 Å². The first kappa shape index (κ1) is 8.78. The van der Waals surface area contributed by atoms with Crippen molar-refractivity contribution in [1.29, 1.82) is 0 Å². The molecule has 1 nitrogen and oxygen atoms in total. The molecule has 0 fully saturated rings. The van der Waals surface area contributed by atoms with Crippen LogP contribution in [0.5, 0.6) is 0 Å². The van der Waals surface area contributed by atoms with Gasteiger partial charge in [0.2, 0.25) is 0 Å². The Morgan fingerprint density at radius 3 is 2.85 bits per heavy atom. The van der Waals surface area contributed by atoms with Crippen LogP contribution in [0.2, 0.25) is 0 Å². The summed E-state index contributed by atoms with van der Waals surface area (Å²) in [6.07, 6.45) is 2.04. The molecule has 1 heterocycles. The summed E-state index contributed by atoms with van der Waals surface area (Å²) in [5, 5.41) is 1.13. The molecule has 1 aromatic heterocycles. The lowest BCUT2D eigenvalue weighted by molar-refractivity contribution is 0.583. The minimum absolute atomic E-state index is 0.544. The van der Waals surface area contributed by atoms with Crippen molar-refractivity contribution < 1.29 is 4.42 Å². The number of para-hydroxylation sites is 1. The van der Waals surface area contributed by atoms with Crippen LogP contribution in [0.15, 0.2) is 39.6 Å². The molecule has 0 unspecified atom stereocenters. The fraction of sp³-hybridized carbons (Fsp3) is 0.100. The van der Waals surface area contributed by atoms with E-state index < -0.39 is 0 Å². The summed E-state index contributed by atoms with van der Waals surface area (Å²) in [5.41, 5.74) is 0.861. The van der Waals surface area contributed by atoms with E-state index in [0.717, 1.165) is 11.0 Å². The van der Waals surface area contributed by atoms with E-state index in [9.17, 15) is 0 Å². The highest BCUT2D eigenvalue weighted by Crippen LogP contribution is 2.26. The predicted molar refractivity (Wildman–Crippen MR) is 58.8 cm³/mol. The third kappa shape index (κ3) is 1.62. The van der Waals surface area contributed by atoms with Gasteiger partial charge < -0.3 is 4.42 Å². The largest absolute Gasteiger partial charge is 0.445 e. The van der Waals surface area contributed by atoms with Crippen molar-refractivity contribution in [3.63, 3.8) is 0 Å². The Bertz CT molecular complexity index is 487. The topological polar surface area (TPSA) is 13.1 Å². The molecule has 0 saturated carbocycles. The van der Waals surface area contributed by atoms with E-state index in [1.165, 1.54) is 4.90 Å². The molecule has 2 rings (SSSR count). The quantitative estimate of drug-likeness (QED) is 0.521. The highest BCUT2D eigenvalue weighted by atomic mass is 32.2. The van der Waals surface area contributed by atoms with Crippen LogP contribution in [0.1, 0.15) is 0 Å². The fourth-order valence-electron chi connectivity index (χ4n) is 1.25. The third-order valence-electron chi connectivity index (χ3n) is 1.83. The zero-order valence-electron chi connectivity index (χ0n) is 7.11. The molecule has 0 aliphatic heterocycles. The number of thioether (sulfide) groups is 1. The molecule has 0 saturated heterocycles. The van der Waals surface area contributed by atoms with E-state index in [-0.39, 0.29) is 0 Å². The first-order valence-corrected chi connectivity index (χ1v) is 5.51. The summed E-state index contributed by atoms with van der Waals surface area (Å²) in [6, 6.07) is 9.82. The van der Waals surface area contributed by atoms with Gasteiger partial charge in [0.1, 0.15) is 5.58 Å².